The van der Waals surface area contributed by atoms with Gasteiger partial charge in [-0.2, -0.15) is 0 Å². The van der Waals surface area contributed by atoms with Crippen molar-refractivity contribution in [3.05, 3.63) is 48.5 Å². The molecule has 0 radical (unpaired) electrons. The van der Waals surface area contributed by atoms with E-state index >= 15 is 0 Å². The van der Waals surface area contributed by atoms with Crippen LogP contribution in [0.15, 0.2) is 48.5 Å². The van der Waals surface area contributed by atoms with Crippen molar-refractivity contribution in [1.29, 1.82) is 0 Å². The minimum Gasteiger partial charge on any atom is -0.497 e. The molecule has 0 heterocycles. The van der Waals surface area contributed by atoms with E-state index in [1.165, 1.54) is 19.1 Å². The Kier molecular flexibility index (Phi) is 5.78. The van der Waals surface area contributed by atoms with Gasteiger partial charge in [0.15, 0.2) is 0 Å². The van der Waals surface area contributed by atoms with Crippen LogP contribution in [0.5, 0.6) is 11.5 Å². The molecule has 0 bridgehead atoms. The number of hydrogen-bond donors (Lipinski definition) is 0. The summed E-state index contributed by atoms with van der Waals surface area (Å²) < 4.78 is 15.4. The molecular formula is C18H19NO5. The average Bonchev–Trinajstić information content (AvgIpc) is 2.63. The van der Waals surface area contributed by atoms with E-state index < -0.39 is 11.9 Å². The summed E-state index contributed by atoms with van der Waals surface area (Å²) in [6.45, 7) is 1.76. The quantitative estimate of drug-likeness (QED) is 0.623. The minimum absolute atomic E-state index is 0.118. The average molecular weight is 329 g/mol. The first-order chi connectivity index (χ1) is 11.6. The zero-order valence-corrected chi connectivity index (χ0v) is 13.8. The smallest absolute Gasteiger partial charge is 0.397 e. The molecule has 0 saturated heterocycles. The summed E-state index contributed by atoms with van der Waals surface area (Å²) in [5.74, 6) is -0.756. The number of carbonyl (C=O) groups is 2. The highest BCUT2D eigenvalue weighted by molar-refractivity contribution is 6.40. The second kappa shape index (κ2) is 8.01. The summed E-state index contributed by atoms with van der Waals surface area (Å²) in [5, 5.41) is 0. The first-order valence-corrected chi connectivity index (χ1v) is 7.40. The maximum absolute atomic E-state index is 12.6. The number of carbonyl (C=O) groups excluding carboxylic acids is 2. The molecule has 0 fully saturated rings. The molecule has 2 rings (SSSR count). The number of nitrogens with zero attached hydrogens (tertiary/aromatic N) is 1. The highest BCUT2D eigenvalue weighted by Crippen LogP contribution is 2.36. The molecule has 0 aliphatic carbocycles. The SMILES string of the molecule is CCOC(=O)C(=O)N(c1ccccc1)c1ccc(OC)cc1OC. The van der Waals surface area contributed by atoms with Gasteiger partial charge in [0.25, 0.3) is 0 Å². The van der Waals surface area contributed by atoms with E-state index in [4.69, 9.17) is 14.2 Å². The van der Waals surface area contributed by atoms with E-state index in [1.807, 2.05) is 6.07 Å². The van der Waals surface area contributed by atoms with Crippen LogP contribution in [0.2, 0.25) is 0 Å². The fraction of sp³-hybridized carbons (Fsp3) is 0.222. The van der Waals surface area contributed by atoms with E-state index in [9.17, 15) is 9.59 Å². The van der Waals surface area contributed by atoms with Crippen molar-refractivity contribution in [3.8, 4) is 11.5 Å². The maximum Gasteiger partial charge on any atom is 0.397 e. The second-order valence-electron chi connectivity index (χ2n) is 4.73. The highest BCUT2D eigenvalue weighted by Gasteiger charge is 2.28. The topological polar surface area (TPSA) is 65.1 Å². The zero-order valence-electron chi connectivity index (χ0n) is 13.8. The molecular weight excluding hydrogens is 310 g/mol. The molecule has 2 aromatic rings. The van der Waals surface area contributed by atoms with Crippen LogP contribution >= 0.6 is 0 Å². The monoisotopic (exact) mass is 329 g/mol. The Morgan fingerprint density at radius 2 is 1.71 bits per heavy atom. The molecule has 6 heteroatoms. The number of esters is 1. The van der Waals surface area contributed by atoms with Crippen LogP contribution < -0.4 is 14.4 Å². The predicted molar refractivity (Wildman–Crippen MR) is 89.8 cm³/mol. The van der Waals surface area contributed by atoms with Gasteiger partial charge in [-0.25, -0.2) is 4.79 Å². The maximum atomic E-state index is 12.6. The third-order valence-electron chi connectivity index (χ3n) is 3.30. The Labute approximate surface area is 140 Å². The van der Waals surface area contributed by atoms with E-state index in [2.05, 4.69) is 0 Å². The van der Waals surface area contributed by atoms with Gasteiger partial charge in [-0.3, -0.25) is 9.69 Å². The number of rotatable bonds is 5. The summed E-state index contributed by atoms with van der Waals surface area (Å²) in [5.41, 5.74) is 0.946. The van der Waals surface area contributed by atoms with Crippen molar-refractivity contribution in [1.82, 2.24) is 0 Å². The molecule has 0 aliphatic rings. The van der Waals surface area contributed by atoms with Gasteiger partial charge in [-0.15, -0.1) is 0 Å². The summed E-state index contributed by atoms with van der Waals surface area (Å²) in [4.78, 5) is 25.9. The zero-order chi connectivity index (χ0) is 17.5. The van der Waals surface area contributed by atoms with E-state index in [1.54, 1.807) is 49.4 Å². The summed E-state index contributed by atoms with van der Waals surface area (Å²) in [6.07, 6.45) is 0. The molecule has 0 N–H and O–H groups in total. The molecule has 0 aromatic heterocycles. The lowest BCUT2D eigenvalue weighted by molar-refractivity contribution is -0.152. The van der Waals surface area contributed by atoms with Crippen LogP contribution in [0.25, 0.3) is 0 Å². The van der Waals surface area contributed by atoms with E-state index in [0.717, 1.165) is 0 Å². The van der Waals surface area contributed by atoms with Crippen LogP contribution in [-0.2, 0) is 14.3 Å². The lowest BCUT2D eigenvalue weighted by Gasteiger charge is -2.24. The molecule has 2 aromatic carbocycles. The van der Waals surface area contributed by atoms with Crippen molar-refractivity contribution in [2.24, 2.45) is 0 Å². The lowest BCUT2D eigenvalue weighted by Crippen LogP contribution is -2.34. The Balaban J connectivity index is 2.55. The van der Waals surface area contributed by atoms with Crippen LogP contribution in [0.3, 0.4) is 0 Å². The van der Waals surface area contributed by atoms with E-state index in [-0.39, 0.29) is 6.61 Å². The van der Waals surface area contributed by atoms with Crippen molar-refractivity contribution in [3.63, 3.8) is 0 Å². The normalized spacial score (nSPS) is 9.96. The van der Waals surface area contributed by atoms with Crippen LogP contribution in [0.1, 0.15) is 6.92 Å². The fourth-order valence-electron chi connectivity index (χ4n) is 2.20. The molecule has 0 unspecified atom stereocenters. The number of para-hydroxylation sites is 1. The number of anilines is 2. The van der Waals surface area contributed by atoms with Gasteiger partial charge in [-0.05, 0) is 31.2 Å². The van der Waals surface area contributed by atoms with Gasteiger partial charge in [0.1, 0.15) is 11.5 Å². The van der Waals surface area contributed by atoms with Crippen LogP contribution in [-0.4, -0.2) is 32.7 Å². The molecule has 6 nitrogen and oxygen atoms in total. The van der Waals surface area contributed by atoms with Gasteiger partial charge in [-0.1, -0.05) is 18.2 Å². The van der Waals surface area contributed by atoms with Gasteiger partial charge in [0.2, 0.25) is 0 Å². The first-order valence-electron chi connectivity index (χ1n) is 7.40. The number of hydrogen-bond acceptors (Lipinski definition) is 5. The van der Waals surface area contributed by atoms with Gasteiger partial charge in [0, 0.05) is 11.8 Å². The molecule has 0 saturated carbocycles. The summed E-state index contributed by atoms with van der Waals surface area (Å²) >= 11 is 0. The largest absolute Gasteiger partial charge is 0.497 e. The minimum atomic E-state index is -0.931. The fourth-order valence-corrected chi connectivity index (χ4v) is 2.20. The Morgan fingerprint density at radius 3 is 2.29 bits per heavy atom. The second-order valence-corrected chi connectivity index (χ2v) is 4.73. The standard InChI is InChI=1S/C18H19NO5/c1-4-24-18(21)17(20)19(13-8-6-5-7-9-13)15-11-10-14(22-2)12-16(15)23-3/h5-12H,4H2,1-3H3. The van der Waals surface area contributed by atoms with Gasteiger partial charge >= 0.3 is 11.9 Å². The van der Waals surface area contributed by atoms with Crippen LogP contribution in [0.4, 0.5) is 11.4 Å². The van der Waals surface area contributed by atoms with Gasteiger partial charge in [0.05, 0.1) is 26.5 Å². The van der Waals surface area contributed by atoms with E-state index in [0.29, 0.717) is 22.9 Å². The molecule has 0 spiro atoms. The van der Waals surface area contributed by atoms with Crippen molar-refractivity contribution in [2.75, 3.05) is 25.7 Å². The molecule has 0 atom stereocenters. The Morgan fingerprint density at radius 1 is 1.00 bits per heavy atom. The molecule has 0 aliphatic heterocycles. The summed E-state index contributed by atoms with van der Waals surface area (Å²) in [6, 6.07) is 13.8. The Bertz CT molecular complexity index is 715. The van der Waals surface area contributed by atoms with Crippen LogP contribution in [0, 0.1) is 0 Å². The molecule has 24 heavy (non-hydrogen) atoms. The number of methoxy groups -OCH3 is 2. The third kappa shape index (κ3) is 3.65. The molecule has 126 valence electrons. The van der Waals surface area contributed by atoms with Crippen molar-refractivity contribution in [2.45, 2.75) is 6.92 Å². The third-order valence-corrected chi connectivity index (χ3v) is 3.30. The highest BCUT2D eigenvalue weighted by atomic mass is 16.5. The van der Waals surface area contributed by atoms with Crippen molar-refractivity contribution >= 4 is 23.3 Å². The van der Waals surface area contributed by atoms with Gasteiger partial charge < -0.3 is 14.2 Å². The number of amides is 1. The summed E-state index contributed by atoms with van der Waals surface area (Å²) in [7, 11) is 3.02. The number of benzene rings is 2. The predicted octanol–water partition coefficient (Wildman–Crippen LogP) is 2.93. The molecule has 1 amide bonds. The number of ether oxygens (including phenoxy) is 3. The Hall–Kier alpha value is -3.02. The lowest BCUT2D eigenvalue weighted by atomic mass is 10.2. The van der Waals surface area contributed by atoms with Crippen molar-refractivity contribution < 1.29 is 23.8 Å². The first kappa shape index (κ1) is 17.3.